The summed E-state index contributed by atoms with van der Waals surface area (Å²) in [6.07, 6.45) is 5.92. The SMILES string of the molecule is CC(=O)Nc1ccc2c(Nc3ccc(C(=O)Nc4ccc(Nc5cc[n+](C)cc5)cc4)cc3)cc[n+](C)c2c1. The van der Waals surface area contributed by atoms with Crippen LogP contribution in [0.3, 0.4) is 0 Å². The minimum absolute atomic E-state index is 0.109. The Morgan fingerprint density at radius 1 is 0.615 bits per heavy atom. The van der Waals surface area contributed by atoms with Crippen molar-refractivity contribution in [1.82, 2.24) is 0 Å². The van der Waals surface area contributed by atoms with Gasteiger partial charge in [0.2, 0.25) is 11.4 Å². The van der Waals surface area contributed by atoms with Crippen LogP contribution in [0.1, 0.15) is 17.3 Å². The van der Waals surface area contributed by atoms with Crippen LogP contribution in [0, 0.1) is 0 Å². The molecule has 2 heterocycles. The number of aromatic nitrogens is 2. The first kappa shape index (κ1) is 25.4. The maximum Gasteiger partial charge on any atom is 0.255 e. The molecule has 5 rings (SSSR count). The lowest BCUT2D eigenvalue weighted by Crippen LogP contribution is -2.28. The molecule has 0 radical (unpaired) electrons. The monoisotopic (exact) mass is 518 g/mol. The average molecular weight is 519 g/mol. The summed E-state index contributed by atoms with van der Waals surface area (Å²) < 4.78 is 3.98. The van der Waals surface area contributed by atoms with Crippen molar-refractivity contribution in [2.45, 2.75) is 6.92 Å². The molecule has 0 aliphatic carbocycles. The summed E-state index contributed by atoms with van der Waals surface area (Å²) in [4.78, 5) is 24.3. The van der Waals surface area contributed by atoms with E-state index in [9.17, 15) is 9.59 Å². The summed E-state index contributed by atoms with van der Waals surface area (Å²) in [6.45, 7) is 1.49. The first-order chi connectivity index (χ1) is 18.8. The van der Waals surface area contributed by atoms with Crippen molar-refractivity contribution in [1.29, 1.82) is 0 Å². The Hall–Kier alpha value is -5.24. The number of nitrogens with zero attached hydrogens (tertiary/aromatic N) is 2. The molecule has 0 bridgehead atoms. The van der Waals surface area contributed by atoms with Gasteiger partial charge in [0, 0.05) is 59.5 Å². The number of nitrogens with one attached hydrogen (secondary N) is 4. The molecule has 4 N–H and O–H groups in total. The number of hydrogen-bond acceptors (Lipinski definition) is 4. The predicted octanol–water partition coefficient (Wildman–Crippen LogP) is 5.19. The van der Waals surface area contributed by atoms with Crippen LogP contribution in [0.25, 0.3) is 10.9 Å². The molecule has 2 aromatic heterocycles. The van der Waals surface area contributed by atoms with Crippen molar-refractivity contribution in [3.05, 3.63) is 109 Å². The minimum Gasteiger partial charge on any atom is -0.355 e. The van der Waals surface area contributed by atoms with E-state index in [4.69, 9.17) is 0 Å². The van der Waals surface area contributed by atoms with E-state index in [2.05, 4.69) is 21.3 Å². The number of pyridine rings is 2. The first-order valence-corrected chi connectivity index (χ1v) is 12.5. The highest BCUT2D eigenvalue weighted by Crippen LogP contribution is 2.27. The lowest BCUT2D eigenvalue weighted by atomic mass is 10.1. The number of rotatable bonds is 7. The van der Waals surface area contributed by atoms with Crippen molar-refractivity contribution < 1.29 is 18.7 Å². The zero-order chi connectivity index (χ0) is 27.4. The van der Waals surface area contributed by atoms with Crippen molar-refractivity contribution in [2.75, 3.05) is 21.3 Å². The van der Waals surface area contributed by atoms with E-state index >= 15 is 0 Å². The Kier molecular flexibility index (Phi) is 7.18. The third kappa shape index (κ3) is 6.19. The Labute approximate surface area is 226 Å². The fraction of sp³-hybridized carbons (Fsp3) is 0.0968. The molecule has 8 nitrogen and oxygen atoms in total. The Morgan fingerprint density at radius 3 is 1.90 bits per heavy atom. The number of anilines is 6. The number of hydrogen-bond donors (Lipinski definition) is 4. The van der Waals surface area contributed by atoms with Gasteiger partial charge in [-0.2, -0.15) is 0 Å². The maximum absolute atomic E-state index is 12.8. The smallest absolute Gasteiger partial charge is 0.255 e. The highest BCUT2D eigenvalue weighted by atomic mass is 16.2. The molecule has 3 aromatic carbocycles. The van der Waals surface area contributed by atoms with Crippen LogP contribution in [0.5, 0.6) is 0 Å². The second kappa shape index (κ2) is 11.0. The number of benzene rings is 3. The normalized spacial score (nSPS) is 10.6. The molecule has 39 heavy (non-hydrogen) atoms. The van der Waals surface area contributed by atoms with Crippen LogP contribution in [0.2, 0.25) is 0 Å². The third-order valence-corrected chi connectivity index (χ3v) is 6.29. The molecule has 0 saturated carbocycles. The average Bonchev–Trinajstić information content (AvgIpc) is 2.93. The highest BCUT2D eigenvalue weighted by molar-refractivity contribution is 6.04. The van der Waals surface area contributed by atoms with Gasteiger partial charge in [0.1, 0.15) is 14.1 Å². The van der Waals surface area contributed by atoms with Gasteiger partial charge in [-0.1, -0.05) is 0 Å². The molecule has 0 saturated heterocycles. The van der Waals surface area contributed by atoms with Crippen LogP contribution < -0.4 is 30.4 Å². The number of aryl methyl sites for hydroxylation is 2. The van der Waals surface area contributed by atoms with Gasteiger partial charge in [-0.15, -0.1) is 0 Å². The van der Waals surface area contributed by atoms with Crippen molar-refractivity contribution in [3.63, 3.8) is 0 Å². The summed E-state index contributed by atoms with van der Waals surface area (Å²) in [5.74, 6) is -0.289. The fourth-order valence-corrected chi connectivity index (χ4v) is 4.25. The van der Waals surface area contributed by atoms with Crippen molar-refractivity contribution >= 4 is 56.8 Å². The molecule has 0 aliphatic heterocycles. The Bertz CT molecular complexity index is 1650. The van der Waals surface area contributed by atoms with Crippen LogP contribution in [-0.4, -0.2) is 11.8 Å². The molecule has 2 amide bonds. The molecule has 0 unspecified atom stereocenters. The maximum atomic E-state index is 12.8. The zero-order valence-corrected chi connectivity index (χ0v) is 22.0. The van der Waals surface area contributed by atoms with Crippen LogP contribution in [0.15, 0.2) is 104 Å². The summed E-state index contributed by atoms with van der Waals surface area (Å²) in [6, 6.07) is 26.8. The van der Waals surface area contributed by atoms with E-state index in [0.717, 1.165) is 45.0 Å². The second-order valence-corrected chi connectivity index (χ2v) is 9.36. The molecule has 194 valence electrons. The number of fused-ring (bicyclic) bond motifs is 1. The Balaban J connectivity index is 1.24. The van der Waals surface area contributed by atoms with Crippen LogP contribution in [-0.2, 0) is 18.9 Å². The largest absolute Gasteiger partial charge is 0.355 e. The molecule has 0 atom stereocenters. The molecule has 5 aromatic rings. The van der Waals surface area contributed by atoms with Gasteiger partial charge in [0.25, 0.3) is 5.91 Å². The molecule has 0 spiro atoms. The molecular formula is C31H30N6O2+2. The van der Waals surface area contributed by atoms with Crippen LogP contribution in [0.4, 0.5) is 34.1 Å². The van der Waals surface area contributed by atoms with E-state index in [0.29, 0.717) is 5.56 Å². The van der Waals surface area contributed by atoms with Gasteiger partial charge in [0.05, 0.1) is 16.8 Å². The minimum atomic E-state index is -0.180. The van der Waals surface area contributed by atoms with Gasteiger partial charge in [-0.25, -0.2) is 9.13 Å². The lowest BCUT2D eigenvalue weighted by molar-refractivity contribution is -0.671. The van der Waals surface area contributed by atoms with E-state index in [1.807, 2.05) is 115 Å². The first-order valence-electron chi connectivity index (χ1n) is 12.5. The van der Waals surface area contributed by atoms with Gasteiger partial charge in [-0.05, 0) is 60.7 Å². The van der Waals surface area contributed by atoms with Gasteiger partial charge in [0.15, 0.2) is 18.6 Å². The Morgan fingerprint density at radius 2 is 1.21 bits per heavy atom. The highest BCUT2D eigenvalue weighted by Gasteiger charge is 2.12. The molecule has 8 heteroatoms. The zero-order valence-electron chi connectivity index (χ0n) is 22.0. The van der Waals surface area contributed by atoms with E-state index < -0.39 is 0 Å². The standard InChI is InChI=1S/C31H28N6O2/c1-21(38)32-27-12-13-28-29(16-19-37(3)30(28)20-27)34-24-6-4-22(5-7-24)31(39)35-25-10-8-23(9-11-25)33-26-14-17-36(2)18-15-26/h4-20H,1-3H3,(H2,32,34,35,38,39)/p+2. The van der Waals surface area contributed by atoms with E-state index in [1.54, 1.807) is 12.1 Å². The second-order valence-electron chi connectivity index (χ2n) is 9.36. The summed E-state index contributed by atoms with van der Waals surface area (Å²) >= 11 is 0. The van der Waals surface area contributed by atoms with Crippen molar-refractivity contribution in [3.8, 4) is 0 Å². The molecular weight excluding hydrogens is 488 g/mol. The molecule has 0 aliphatic rings. The lowest BCUT2D eigenvalue weighted by Gasteiger charge is -2.11. The van der Waals surface area contributed by atoms with Gasteiger partial charge in [-0.3, -0.25) is 9.59 Å². The topological polar surface area (TPSA) is 90.0 Å². The molecule has 0 fully saturated rings. The summed E-state index contributed by atoms with van der Waals surface area (Å²) in [5.41, 5.74) is 6.70. The predicted molar refractivity (Wildman–Crippen MR) is 154 cm³/mol. The number of carbonyl (C=O) groups is 2. The quantitative estimate of drug-likeness (QED) is 0.223. The summed E-state index contributed by atoms with van der Waals surface area (Å²) in [5, 5.41) is 13.6. The van der Waals surface area contributed by atoms with E-state index in [-0.39, 0.29) is 11.8 Å². The number of amides is 2. The van der Waals surface area contributed by atoms with E-state index in [1.165, 1.54) is 6.92 Å². The van der Waals surface area contributed by atoms with Gasteiger partial charge >= 0.3 is 0 Å². The third-order valence-electron chi connectivity index (χ3n) is 6.29. The van der Waals surface area contributed by atoms with Crippen LogP contribution >= 0.6 is 0 Å². The van der Waals surface area contributed by atoms with Crippen molar-refractivity contribution in [2.24, 2.45) is 14.1 Å². The summed E-state index contributed by atoms with van der Waals surface area (Å²) in [7, 11) is 3.94. The van der Waals surface area contributed by atoms with Gasteiger partial charge < -0.3 is 21.3 Å². The number of carbonyl (C=O) groups excluding carboxylic acids is 2. The fourth-order valence-electron chi connectivity index (χ4n) is 4.25.